The first kappa shape index (κ1) is 66.8. The van der Waals surface area contributed by atoms with Gasteiger partial charge in [0.15, 0.2) is 16.6 Å². The van der Waals surface area contributed by atoms with Crippen molar-refractivity contribution in [1.29, 1.82) is 0 Å². The van der Waals surface area contributed by atoms with Crippen molar-refractivity contribution in [2.45, 2.75) is 38.4 Å². The minimum atomic E-state index is -2.24. The first-order valence-electron chi connectivity index (χ1n) is 24.8. The van der Waals surface area contributed by atoms with E-state index < -0.39 is 72.8 Å². The largest absolute Gasteiger partial charge is 0.515 e. The second kappa shape index (κ2) is 30.5. The molecule has 84 heavy (non-hydrogen) atoms. The summed E-state index contributed by atoms with van der Waals surface area (Å²) in [4.78, 5) is 111. The van der Waals surface area contributed by atoms with E-state index in [1.165, 1.54) is 0 Å². The van der Waals surface area contributed by atoms with Crippen LogP contribution in [0.25, 0.3) is 0 Å². The van der Waals surface area contributed by atoms with Crippen molar-refractivity contribution in [2.75, 3.05) is 33.5 Å². The molecule has 3 heterocycles. The molecule has 6 aromatic carbocycles. The number of rotatable bonds is 10. The molecule has 27 heteroatoms. The predicted molar refractivity (Wildman–Crippen MR) is 310 cm³/mol. The van der Waals surface area contributed by atoms with Crippen LogP contribution in [0.1, 0.15) is 47.2 Å². The number of urea groups is 3. The molecule has 0 radical (unpaired) electrons. The first-order chi connectivity index (χ1) is 40.0. The highest BCUT2D eigenvalue weighted by Crippen LogP contribution is 2.41. The van der Waals surface area contributed by atoms with Crippen LogP contribution in [0.2, 0.25) is 0 Å². The number of amides is 11. The molecule has 21 nitrogen and oxygen atoms in total. The number of aliphatic hydroxyl groups is 1. The van der Waals surface area contributed by atoms with Crippen LogP contribution in [-0.2, 0) is 54.7 Å². The third-order valence-electron chi connectivity index (χ3n) is 11.8. The highest BCUT2D eigenvalue weighted by Gasteiger charge is 2.59. The quantitative estimate of drug-likeness (QED) is 0.0369. The molecule has 6 aromatic rings. The van der Waals surface area contributed by atoms with Crippen LogP contribution in [0.3, 0.4) is 0 Å². The number of hydrogen-bond donors (Lipinski definition) is 5. The molecule has 0 bridgehead atoms. The maximum Gasteiger partial charge on any atom is 0.515 e. The van der Waals surface area contributed by atoms with Crippen LogP contribution in [0.4, 0.5) is 28.8 Å². The molecule has 3 saturated heterocycles. The summed E-state index contributed by atoms with van der Waals surface area (Å²) >= 11 is 30.2. The standard InChI is InChI=1S/2C18H16N2O4.C15H12N2O2.C3Cl6O3.C3H8O2/c1-2-24-17(23)20-15(21)18(19-16(20)22,13-9-5-3-6-10-13)14-11-7-4-8-12-14;1-2-24-17(23)20-16(22)19-15(21)18(20,13-9-5-3-6-10-13)14-11-7-4-8-12-14;18-13-15(17-14(19)16-13,11-7-3-1-4-8-11)12-9-5-2-6-10-12;4-2(5,6)11-1(10)12-3(7,8)9;1-5-3-2-4/h3-12H,2H2,1H3,(H,19,22);3-12H,2H2,1H3,(H,19,21,22);1-10H,(H2,16,17,18,19);;4H,2-3H2,1H3. The average molecular weight is 1270 g/mol. The number of nitrogens with one attached hydrogen (secondary N) is 4. The fraction of sp³-hybridized carbons (Fsp3) is 0.211. The number of carbonyl (C=O) groups excluding carboxylic acids is 9. The van der Waals surface area contributed by atoms with Gasteiger partial charge in [0.05, 0.1) is 26.4 Å². The normalized spacial score (nSPS) is 15.2. The lowest BCUT2D eigenvalue weighted by Crippen LogP contribution is -2.51. The van der Waals surface area contributed by atoms with E-state index in [-0.39, 0.29) is 25.7 Å². The van der Waals surface area contributed by atoms with Crippen molar-refractivity contribution in [3.63, 3.8) is 0 Å². The monoisotopic (exact) mass is 1270 g/mol. The molecule has 0 unspecified atom stereocenters. The Morgan fingerprint density at radius 3 is 1.15 bits per heavy atom. The third-order valence-corrected chi connectivity index (χ3v) is 12.2. The minimum absolute atomic E-state index is 0.0690. The molecule has 0 spiro atoms. The number of carbonyl (C=O) groups is 9. The minimum Gasteiger partial charge on any atom is -0.449 e. The smallest absolute Gasteiger partial charge is 0.449 e. The summed E-state index contributed by atoms with van der Waals surface area (Å²) in [6.07, 6.45) is -3.25. The highest BCUT2D eigenvalue weighted by molar-refractivity contribution is 6.67. The van der Waals surface area contributed by atoms with E-state index in [9.17, 15) is 43.2 Å². The van der Waals surface area contributed by atoms with E-state index in [2.05, 4.69) is 35.5 Å². The van der Waals surface area contributed by atoms with Crippen molar-refractivity contribution < 1.29 is 71.9 Å². The summed E-state index contributed by atoms with van der Waals surface area (Å²) in [5, 5.41) is 17.9. The lowest BCUT2D eigenvalue weighted by atomic mass is 9.81. The Hall–Kier alpha value is -7.99. The number of hydrogen-bond acceptors (Lipinski definition) is 15. The second-order valence-electron chi connectivity index (χ2n) is 16.9. The van der Waals surface area contributed by atoms with Crippen LogP contribution in [-0.4, -0.2) is 111 Å². The molecule has 0 atom stereocenters. The molecule has 3 aliphatic rings. The van der Waals surface area contributed by atoms with Gasteiger partial charge >= 0.3 is 44.4 Å². The summed E-state index contributed by atoms with van der Waals surface area (Å²) in [7, 11) is 1.55. The van der Waals surface area contributed by atoms with Crippen molar-refractivity contribution in [1.82, 2.24) is 31.1 Å². The zero-order valence-electron chi connectivity index (χ0n) is 44.5. The molecule has 442 valence electrons. The molecule has 0 aliphatic carbocycles. The fourth-order valence-electron chi connectivity index (χ4n) is 8.47. The summed E-state index contributed by atoms with van der Waals surface area (Å²) in [5.74, 6) is -1.61. The van der Waals surface area contributed by atoms with Crippen LogP contribution < -0.4 is 21.3 Å². The van der Waals surface area contributed by atoms with Gasteiger partial charge in [-0.25, -0.2) is 33.7 Å². The summed E-state index contributed by atoms with van der Waals surface area (Å²) < 4.78 is 17.8. The molecule has 3 fully saturated rings. The van der Waals surface area contributed by atoms with Gasteiger partial charge in [-0.2, -0.15) is 4.90 Å². The molecule has 3 aliphatic heterocycles. The molecular formula is C57H52Cl6N6O15. The summed E-state index contributed by atoms with van der Waals surface area (Å²) in [6, 6.07) is 51.4. The lowest BCUT2D eigenvalue weighted by molar-refractivity contribution is -0.129. The van der Waals surface area contributed by atoms with E-state index in [0.717, 1.165) is 16.0 Å². The van der Waals surface area contributed by atoms with Gasteiger partial charge in [-0.1, -0.05) is 182 Å². The number of alkyl halides is 6. The lowest BCUT2D eigenvalue weighted by Gasteiger charge is -2.33. The van der Waals surface area contributed by atoms with Crippen molar-refractivity contribution >= 4 is 124 Å². The van der Waals surface area contributed by atoms with E-state index in [1.54, 1.807) is 130 Å². The highest BCUT2D eigenvalue weighted by atomic mass is 35.6. The van der Waals surface area contributed by atoms with E-state index in [4.69, 9.17) is 84.2 Å². The second-order valence-corrected chi connectivity index (χ2v) is 21.3. The van der Waals surface area contributed by atoms with Gasteiger partial charge in [0.25, 0.3) is 17.7 Å². The van der Waals surface area contributed by atoms with E-state index in [0.29, 0.717) is 33.8 Å². The zero-order chi connectivity index (χ0) is 61.7. The Kier molecular flexibility index (Phi) is 24.3. The predicted octanol–water partition coefficient (Wildman–Crippen LogP) is 10.5. The van der Waals surface area contributed by atoms with Gasteiger partial charge in [0.2, 0.25) is 0 Å². The molecule has 0 aromatic heterocycles. The third kappa shape index (κ3) is 16.2. The average Bonchev–Trinajstić information content (AvgIpc) is 2.08. The molecule has 5 N–H and O–H groups in total. The molecular weight excluding hydrogens is 1220 g/mol. The van der Waals surface area contributed by atoms with Crippen LogP contribution in [0.15, 0.2) is 182 Å². The van der Waals surface area contributed by atoms with E-state index >= 15 is 0 Å². The van der Waals surface area contributed by atoms with Gasteiger partial charge in [-0.3, -0.25) is 25.0 Å². The molecule has 9 rings (SSSR count). The summed E-state index contributed by atoms with van der Waals surface area (Å²) in [5.41, 5.74) is -0.547. The zero-order valence-corrected chi connectivity index (χ0v) is 49.0. The molecule has 0 saturated carbocycles. The van der Waals surface area contributed by atoms with Crippen molar-refractivity contribution in [3.8, 4) is 0 Å². The van der Waals surface area contributed by atoms with Gasteiger partial charge in [0, 0.05) is 7.11 Å². The Balaban J connectivity index is 0.000000204. The van der Waals surface area contributed by atoms with Crippen molar-refractivity contribution in [3.05, 3.63) is 215 Å². The number of imide groups is 6. The number of halogens is 6. The van der Waals surface area contributed by atoms with Crippen LogP contribution >= 0.6 is 69.6 Å². The topological polar surface area (TPSA) is 275 Å². The van der Waals surface area contributed by atoms with Crippen LogP contribution in [0, 0.1) is 0 Å². The number of benzene rings is 6. The van der Waals surface area contributed by atoms with Gasteiger partial charge < -0.3 is 39.4 Å². The Morgan fingerprint density at radius 1 is 0.488 bits per heavy atom. The Labute approximate surface area is 511 Å². The Morgan fingerprint density at radius 2 is 0.845 bits per heavy atom. The maximum atomic E-state index is 13.1. The van der Waals surface area contributed by atoms with Gasteiger partial charge in [0.1, 0.15) is 0 Å². The van der Waals surface area contributed by atoms with Crippen molar-refractivity contribution in [2.24, 2.45) is 0 Å². The van der Waals surface area contributed by atoms with E-state index in [1.807, 2.05) is 72.8 Å². The number of methoxy groups -OCH3 is 1. The Bertz CT molecular complexity index is 3080. The van der Waals surface area contributed by atoms with Gasteiger partial charge in [-0.05, 0) is 117 Å². The van der Waals surface area contributed by atoms with Gasteiger partial charge in [-0.15, -0.1) is 0 Å². The summed E-state index contributed by atoms with van der Waals surface area (Å²) in [6.45, 7) is 3.98. The fourth-order valence-corrected chi connectivity index (χ4v) is 8.85. The first-order valence-corrected chi connectivity index (χ1v) is 27.0. The number of nitrogens with zero attached hydrogens (tertiary/aromatic N) is 2. The molecule has 11 amide bonds. The number of aliphatic hydroxyl groups excluding tert-OH is 1. The number of ether oxygens (including phenoxy) is 5. The van der Waals surface area contributed by atoms with Crippen LogP contribution in [0.5, 0.6) is 0 Å². The SMILES string of the molecule is CCOC(=O)N1C(=O)NC(=O)C1(c1ccccc1)c1ccccc1.CCOC(=O)N1C(=O)NC(c2ccccc2)(c2ccccc2)C1=O.COCCO.O=C(OC(Cl)(Cl)Cl)OC(Cl)(Cl)Cl.O=C1NC(=O)C(c2ccccc2)(c2ccccc2)N1. The maximum absolute atomic E-state index is 13.1.